The van der Waals surface area contributed by atoms with Crippen molar-refractivity contribution in [2.75, 3.05) is 0 Å². The first kappa shape index (κ1) is 13.1. The van der Waals surface area contributed by atoms with Crippen LogP contribution in [0.1, 0.15) is 6.92 Å². The van der Waals surface area contributed by atoms with E-state index in [-0.39, 0.29) is 5.57 Å². The van der Waals surface area contributed by atoms with Crippen molar-refractivity contribution in [1.82, 2.24) is 0 Å². The fraction of sp³-hybridized carbons (Fsp3) is 0.286. The SMILES string of the molecule is C=CC(O)OP(=O)(O)OC(=O)C(=C)C. The van der Waals surface area contributed by atoms with E-state index in [1.54, 1.807) is 0 Å². The van der Waals surface area contributed by atoms with Gasteiger partial charge in [-0.1, -0.05) is 13.2 Å². The zero-order valence-corrected chi connectivity index (χ0v) is 8.44. The summed E-state index contributed by atoms with van der Waals surface area (Å²) in [4.78, 5) is 19.7. The number of carbonyl (C=O) groups is 1. The van der Waals surface area contributed by atoms with E-state index in [2.05, 4.69) is 22.2 Å². The van der Waals surface area contributed by atoms with Crippen molar-refractivity contribution >= 4 is 13.8 Å². The minimum atomic E-state index is -4.61. The van der Waals surface area contributed by atoms with E-state index >= 15 is 0 Å². The van der Waals surface area contributed by atoms with Gasteiger partial charge in [-0.2, -0.15) is 0 Å². The molecule has 0 amide bonds. The molecular formula is C7H11O6P. The highest BCUT2D eigenvalue weighted by molar-refractivity contribution is 7.48. The zero-order chi connectivity index (χ0) is 11.4. The Morgan fingerprint density at radius 3 is 2.50 bits per heavy atom. The molecule has 0 aliphatic heterocycles. The molecular weight excluding hydrogens is 211 g/mol. The maximum absolute atomic E-state index is 10.9. The third-order valence-electron chi connectivity index (χ3n) is 0.990. The van der Waals surface area contributed by atoms with Crippen LogP contribution in [0, 0.1) is 0 Å². The summed E-state index contributed by atoms with van der Waals surface area (Å²) in [6.07, 6.45) is -0.818. The number of rotatable bonds is 5. The molecule has 6 nitrogen and oxygen atoms in total. The molecule has 0 aromatic rings. The summed E-state index contributed by atoms with van der Waals surface area (Å²) >= 11 is 0. The predicted octanol–water partition coefficient (Wildman–Crippen LogP) is 0.727. The molecule has 7 heteroatoms. The first-order valence-corrected chi connectivity index (χ1v) is 4.99. The van der Waals surface area contributed by atoms with Gasteiger partial charge in [0.15, 0.2) is 6.29 Å². The van der Waals surface area contributed by atoms with Crippen molar-refractivity contribution in [2.45, 2.75) is 13.2 Å². The molecule has 0 fully saturated rings. The van der Waals surface area contributed by atoms with Crippen molar-refractivity contribution in [2.24, 2.45) is 0 Å². The molecule has 80 valence electrons. The lowest BCUT2D eigenvalue weighted by Gasteiger charge is -2.13. The van der Waals surface area contributed by atoms with Gasteiger partial charge in [-0.25, -0.2) is 13.9 Å². The predicted molar refractivity (Wildman–Crippen MR) is 48.0 cm³/mol. The van der Waals surface area contributed by atoms with Crippen LogP contribution in [0.2, 0.25) is 0 Å². The van der Waals surface area contributed by atoms with Gasteiger partial charge in [0.25, 0.3) is 0 Å². The molecule has 0 aromatic carbocycles. The Bertz CT molecular complexity index is 297. The largest absolute Gasteiger partial charge is 0.532 e. The highest BCUT2D eigenvalue weighted by Crippen LogP contribution is 2.44. The Balaban J connectivity index is 4.35. The van der Waals surface area contributed by atoms with Crippen LogP contribution < -0.4 is 0 Å². The number of aliphatic hydroxyl groups is 1. The van der Waals surface area contributed by atoms with Gasteiger partial charge in [0.2, 0.25) is 0 Å². The van der Waals surface area contributed by atoms with Gasteiger partial charge in [0.05, 0.1) is 0 Å². The second-order valence-corrected chi connectivity index (χ2v) is 3.69. The minimum Gasteiger partial charge on any atom is -0.367 e. The first-order chi connectivity index (χ1) is 6.28. The van der Waals surface area contributed by atoms with Crippen LogP contribution in [-0.2, 0) is 18.4 Å². The molecule has 0 aromatic heterocycles. The standard InChI is InChI=1S/C7H11O6P/c1-4-6(8)12-14(10,11)13-7(9)5(2)3/h4,6,8H,1-2H2,3H3,(H,10,11). The average Bonchev–Trinajstić information content (AvgIpc) is 2.02. The summed E-state index contributed by atoms with van der Waals surface area (Å²) in [5.41, 5.74) is -0.0593. The monoisotopic (exact) mass is 222 g/mol. The van der Waals surface area contributed by atoms with Gasteiger partial charge in [0.1, 0.15) is 0 Å². The van der Waals surface area contributed by atoms with Crippen molar-refractivity contribution in [3.63, 3.8) is 0 Å². The Kier molecular flexibility index (Phi) is 4.73. The van der Waals surface area contributed by atoms with E-state index in [0.717, 1.165) is 6.08 Å². The Morgan fingerprint density at radius 2 is 2.14 bits per heavy atom. The van der Waals surface area contributed by atoms with Crippen LogP contribution in [0.3, 0.4) is 0 Å². The zero-order valence-electron chi connectivity index (χ0n) is 7.54. The number of phosphoric ester groups is 1. The van der Waals surface area contributed by atoms with Gasteiger partial charge in [-0.3, -0.25) is 4.89 Å². The van der Waals surface area contributed by atoms with Crippen molar-refractivity contribution in [3.8, 4) is 0 Å². The molecule has 0 saturated heterocycles. The molecule has 2 unspecified atom stereocenters. The van der Waals surface area contributed by atoms with E-state index in [4.69, 9.17) is 10.00 Å². The molecule has 0 saturated carbocycles. The number of hydrogen-bond donors (Lipinski definition) is 2. The summed E-state index contributed by atoms with van der Waals surface area (Å²) < 4.78 is 19.0. The van der Waals surface area contributed by atoms with Gasteiger partial charge in [-0.15, -0.1) is 0 Å². The van der Waals surface area contributed by atoms with E-state index in [1.165, 1.54) is 6.92 Å². The van der Waals surface area contributed by atoms with Crippen molar-refractivity contribution < 1.29 is 28.4 Å². The van der Waals surface area contributed by atoms with E-state index in [1.807, 2.05) is 0 Å². The van der Waals surface area contributed by atoms with E-state index < -0.39 is 20.1 Å². The third kappa shape index (κ3) is 4.94. The van der Waals surface area contributed by atoms with Gasteiger partial charge < -0.3 is 9.63 Å². The Morgan fingerprint density at radius 1 is 1.64 bits per heavy atom. The summed E-state index contributed by atoms with van der Waals surface area (Å²) in [5.74, 6) is -1.08. The van der Waals surface area contributed by atoms with E-state index in [0.29, 0.717) is 0 Å². The highest BCUT2D eigenvalue weighted by atomic mass is 31.2. The lowest BCUT2D eigenvalue weighted by Crippen LogP contribution is -2.10. The molecule has 2 N–H and O–H groups in total. The van der Waals surface area contributed by atoms with E-state index in [9.17, 15) is 9.36 Å². The molecule has 0 spiro atoms. The summed E-state index contributed by atoms with van der Waals surface area (Å²) in [6.45, 7) is 7.59. The quantitative estimate of drug-likeness (QED) is 0.308. The molecule has 0 aliphatic rings. The molecule has 2 atom stereocenters. The Labute approximate surface area is 81.1 Å². The van der Waals surface area contributed by atoms with Crippen LogP contribution in [0.4, 0.5) is 0 Å². The third-order valence-corrected chi connectivity index (χ3v) is 1.87. The smallest absolute Gasteiger partial charge is 0.367 e. The lowest BCUT2D eigenvalue weighted by atomic mass is 10.4. The summed E-state index contributed by atoms with van der Waals surface area (Å²) in [6, 6.07) is 0. The van der Waals surface area contributed by atoms with Crippen LogP contribution in [-0.4, -0.2) is 22.3 Å². The number of hydrogen-bond acceptors (Lipinski definition) is 5. The first-order valence-electron chi connectivity index (χ1n) is 3.50. The summed E-state index contributed by atoms with van der Waals surface area (Å²) in [5, 5.41) is 8.76. The van der Waals surface area contributed by atoms with Gasteiger partial charge in [0, 0.05) is 5.57 Å². The second-order valence-electron chi connectivity index (χ2n) is 2.36. The topological polar surface area (TPSA) is 93.1 Å². The minimum absolute atomic E-state index is 0.0593. The van der Waals surface area contributed by atoms with Gasteiger partial charge in [-0.05, 0) is 13.0 Å². The fourth-order valence-corrected chi connectivity index (χ4v) is 1.15. The Hall–Kier alpha value is -0.940. The fourth-order valence-electron chi connectivity index (χ4n) is 0.384. The number of aliphatic hydroxyl groups excluding tert-OH is 1. The second kappa shape index (κ2) is 5.07. The van der Waals surface area contributed by atoms with Crippen molar-refractivity contribution in [3.05, 3.63) is 24.8 Å². The molecule has 0 bridgehead atoms. The number of phosphoric acid groups is 1. The molecule has 0 radical (unpaired) electrons. The molecule has 0 rings (SSSR count). The highest BCUT2D eigenvalue weighted by Gasteiger charge is 2.28. The number of carbonyl (C=O) groups excluding carboxylic acids is 1. The van der Waals surface area contributed by atoms with Crippen LogP contribution in [0.15, 0.2) is 24.8 Å². The van der Waals surface area contributed by atoms with Crippen LogP contribution in [0.5, 0.6) is 0 Å². The molecule has 14 heavy (non-hydrogen) atoms. The van der Waals surface area contributed by atoms with Crippen molar-refractivity contribution in [1.29, 1.82) is 0 Å². The van der Waals surface area contributed by atoms with Crippen LogP contribution >= 0.6 is 7.82 Å². The molecule has 0 aliphatic carbocycles. The summed E-state index contributed by atoms with van der Waals surface area (Å²) in [7, 11) is -4.61. The van der Waals surface area contributed by atoms with Crippen LogP contribution in [0.25, 0.3) is 0 Å². The van der Waals surface area contributed by atoms with Gasteiger partial charge >= 0.3 is 13.8 Å². The molecule has 0 heterocycles. The maximum Gasteiger partial charge on any atom is 0.532 e. The lowest BCUT2D eigenvalue weighted by molar-refractivity contribution is -0.132. The normalized spacial score (nSPS) is 16.5. The average molecular weight is 222 g/mol. The maximum atomic E-state index is 10.9.